The molecule has 0 aromatic carbocycles. The molecule has 6 heteroatoms. The molecule has 0 saturated heterocycles. The van der Waals surface area contributed by atoms with Gasteiger partial charge in [-0.15, -0.1) is 0 Å². The van der Waals surface area contributed by atoms with Crippen molar-refractivity contribution in [3.8, 4) is 0 Å². The predicted molar refractivity (Wildman–Crippen MR) is 84.4 cm³/mol. The van der Waals surface area contributed by atoms with Crippen LogP contribution >= 0.6 is 0 Å². The highest BCUT2D eigenvalue weighted by Crippen LogP contribution is 2.10. The van der Waals surface area contributed by atoms with E-state index in [4.69, 9.17) is 4.74 Å². The molecule has 21 heavy (non-hydrogen) atoms. The number of amides is 1. The number of likely N-dealkylation sites (N-methyl/N-ethyl adjacent to an activating group) is 2. The van der Waals surface area contributed by atoms with Crippen LogP contribution in [0.2, 0.25) is 0 Å². The molecule has 1 rings (SSSR count). The summed E-state index contributed by atoms with van der Waals surface area (Å²) in [6.07, 6.45) is 1.84. The molecule has 2 N–H and O–H groups in total. The molecule has 1 heterocycles. The van der Waals surface area contributed by atoms with Crippen LogP contribution in [0, 0.1) is 0 Å². The highest BCUT2D eigenvalue weighted by atomic mass is 16.5. The summed E-state index contributed by atoms with van der Waals surface area (Å²) in [6.45, 7) is 7.93. The van der Waals surface area contributed by atoms with E-state index in [-0.39, 0.29) is 5.91 Å². The van der Waals surface area contributed by atoms with Gasteiger partial charge < -0.3 is 20.3 Å². The zero-order chi connectivity index (χ0) is 15.5. The minimum Gasteiger partial charge on any atom is -0.383 e. The summed E-state index contributed by atoms with van der Waals surface area (Å²) < 4.78 is 4.98. The lowest BCUT2D eigenvalue weighted by Crippen LogP contribution is -2.37. The first-order chi connectivity index (χ1) is 10.2. The summed E-state index contributed by atoms with van der Waals surface area (Å²) in [5.74, 6) is 0.843. The molecule has 0 saturated carbocycles. The topological polar surface area (TPSA) is 66.5 Å². The summed E-state index contributed by atoms with van der Waals surface area (Å²) in [6, 6.07) is 3.98. The van der Waals surface area contributed by atoms with Crippen molar-refractivity contribution in [3.05, 3.63) is 23.9 Å². The van der Waals surface area contributed by atoms with Crippen LogP contribution in [0.1, 0.15) is 19.4 Å². The van der Waals surface area contributed by atoms with E-state index >= 15 is 0 Å². The molecule has 0 aliphatic rings. The predicted octanol–water partition coefficient (Wildman–Crippen LogP) is 0.780. The van der Waals surface area contributed by atoms with Crippen LogP contribution < -0.4 is 15.5 Å². The Bertz CT molecular complexity index is 409. The molecule has 6 nitrogen and oxygen atoms in total. The van der Waals surface area contributed by atoms with Crippen LogP contribution in [-0.2, 0) is 16.1 Å². The van der Waals surface area contributed by atoms with Crippen molar-refractivity contribution >= 4 is 11.7 Å². The van der Waals surface area contributed by atoms with Crippen molar-refractivity contribution in [2.24, 2.45) is 0 Å². The molecule has 0 aliphatic heterocycles. The molecule has 0 atom stereocenters. The van der Waals surface area contributed by atoms with Gasteiger partial charge in [0.15, 0.2) is 0 Å². The van der Waals surface area contributed by atoms with Crippen LogP contribution in [-0.4, -0.2) is 50.8 Å². The molecule has 1 aromatic rings. The summed E-state index contributed by atoms with van der Waals surface area (Å²) in [5.41, 5.74) is 1.11. The number of hydrogen-bond acceptors (Lipinski definition) is 5. The number of carbonyl (C=O) groups excluding carboxylic acids is 1. The standard InChI is InChI=1S/C15H26N4O2/c1-4-17-15(20)12-19(5-2)14-7-6-13(11-18-14)10-16-8-9-21-3/h6-7,11,16H,4-5,8-10,12H2,1-3H3,(H,17,20). The van der Waals surface area contributed by atoms with E-state index in [1.165, 1.54) is 0 Å². The van der Waals surface area contributed by atoms with Gasteiger partial charge in [-0.25, -0.2) is 4.98 Å². The minimum atomic E-state index is 0.0199. The molecule has 1 amide bonds. The second-order valence-corrected chi connectivity index (χ2v) is 4.66. The Kier molecular flexibility index (Phi) is 8.38. The number of ether oxygens (including phenoxy) is 1. The van der Waals surface area contributed by atoms with Crippen molar-refractivity contribution in [1.82, 2.24) is 15.6 Å². The van der Waals surface area contributed by atoms with Crippen molar-refractivity contribution in [2.45, 2.75) is 20.4 Å². The first-order valence-corrected chi connectivity index (χ1v) is 7.37. The van der Waals surface area contributed by atoms with Gasteiger partial charge in [0.1, 0.15) is 5.82 Å². The maximum absolute atomic E-state index is 11.7. The highest BCUT2D eigenvalue weighted by molar-refractivity contribution is 5.80. The summed E-state index contributed by atoms with van der Waals surface area (Å²) in [7, 11) is 1.69. The van der Waals surface area contributed by atoms with E-state index in [0.29, 0.717) is 19.7 Å². The van der Waals surface area contributed by atoms with E-state index in [0.717, 1.165) is 31.0 Å². The number of aromatic nitrogens is 1. The fourth-order valence-corrected chi connectivity index (χ4v) is 1.90. The Morgan fingerprint density at radius 1 is 1.38 bits per heavy atom. The van der Waals surface area contributed by atoms with Gasteiger partial charge in [-0.05, 0) is 25.5 Å². The van der Waals surface area contributed by atoms with Gasteiger partial charge >= 0.3 is 0 Å². The van der Waals surface area contributed by atoms with Gasteiger partial charge in [0.2, 0.25) is 5.91 Å². The quantitative estimate of drug-likeness (QED) is 0.624. The zero-order valence-corrected chi connectivity index (χ0v) is 13.2. The van der Waals surface area contributed by atoms with E-state index in [9.17, 15) is 4.79 Å². The van der Waals surface area contributed by atoms with Crippen LogP contribution in [0.3, 0.4) is 0 Å². The largest absolute Gasteiger partial charge is 0.383 e. The zero-order valence-electron chi connectivity index (χ0n) is 13.2. The maximum Gasteiger partial charge on any atom is 0.239 e. The molecule has 0 radical (unpaired) electrons. The highest BCUT2D eigenvalue weighted by Gasteiger charge is 2.10. The molecule has 0 fully saturated rings. The number of pyridine rings is 1. The van der Waals surface area contributed by atoms with Gasteiger partial charge in [0, 0.05) is 39.5 Å². The smallest absolute Gasteiger partial charge is 0.239 e. The molecular formula is C15H26N4O2. The maximum atomic E-state index is 11.7. The second-order valence-electron chi connectivity index (χ2n) is 4.66. The van der Waals surface area contributed by atoms with Crippen LogP contribution in [0.15, 0.2) is 18.3 Å². The van der Waals surface area contributed by atoms with Gasteiger partial charge in [-0.2, -0.15) is 0 Å². The first kappa shape index (κ1) is 17.4. The van der Waals surface area contributed by atoms with Gasteiger partial charge in [-0.1, -0.05) is 6.07 Å². The Morgan fingerprint density at radius 3 is 2.76 bits per heavy atom. The number of carbonyl (C=O) groups is 1. The van der Waals surface area contributed by atoms with E-state index in [2.05, 4.69) is 15.6 Å². The first-order valence-electron chi connectivity index (χ1n) is 7.37. The second kappa shape index (κ2) is 10.1. The molecule has 0 bridgehead atoms. The van der Waals surface area contributed by atoms with Crippen LogP contribution in [0.25, 0.3) is 0 Å². The van der Waals surface area contributed by atoms with E-state index in [1.54, 1.807) is 7.11 Å². The SMILES string of the molecule is CCNC(=O)CN(CC)c1ccc(CNCCOC)cn1. The minimum absolute atomic E-state index is 0.0199. The third kappa shape index (κ3) is 6.55. The van der Waals surface area contributed by atoms with Gasteiger partial charge in [0.05, 0.1) is 13.2 Å². The summed E-state index contributed by atoms with van der Waals surface area (Å²) in [4.78, 5) is 18.0. The molecule has 118 valence electrons. The number of nitrogens with zero attached hydrogens (tertiary/aromatic N) is 2. The third-order valence-electron chi connectivity index (χ3n) is 3.04. The van der Waals surface area contributed by atoms with Crippen molar-refractivity contribution < 1.29 is 9.53 Å². The lowest BCUT2D eigenvalue weighted by atomic mass is 10.2. The van der Waals surface area contributed by atoms with Crippen LogP contribution in [0.4, 0.5) is 5.82 Å². The van der Waals surface area contributed by atoms with Gasteiger partial charge in [0.25, 0.3) is 0 Å². The third-order valence-corrected chi connectivity index (χ3v) is 3.04. The van der Waals surface area contributed by atoms with Crippen molar-refractivity contribution in [3.63, 3.8) is 0 Å². The lowest BCUT2D eigenvalue weighted by Gasteiger charge is -2.21. The average molecular weight is 294 g/mol. The lowest BCUT2D eigenvalue weighted by molar-refractivity contribution is -0.119. The fraction of sp³-hybridized carbons (Fsp3) is 0.600. The summed E-state index contributed by atoms with van der Waals surface area (Å²) in [5, 5.41) is 6.07. The van der Waals surface area contributed by atoms with E-state index < -0.39 is 0 Å². The molecule has 0 aliphatic carbocycles. The summed E-state index contributed by atoms with van der Waals surface area (Å²) >= 11 is 0. The Morgan fingerprint density at radius 2 is 2.19 bits per heavy atom. The van der Waals surface area contributed by atoms with Crippen molar-refractivity contribution in [1.29, 1.82) is 0 Å². The number of anilines is 1. The Hall–Kier alpha value is -1.66. The number of hydrogen-bond donors (Lipinski definition) is 2. The molecule has 1 aromatic heterocycles. The molecule has 0 unspecified atom stereocenters. The molecular weight excluding hydrogens is 268 g/mol. The molecule has 0 spiro atoms. The normalized spacial score (nSPS) is 10.4. The Balaban J connectivity index is 2.52. The fourth-order valence-electron chi connectivity index (χ4n) is 1.90. The van der Waals surface area contributed by atoms with Crippen molar-refractivity contribution in [2.75, 3.05) is 44.8 Å². The number of methoxy groups -OCH3 is 1. The van der Waals surface area contributed by atoms with Gasteiger partial charge in [-0.3, -0.25) is 4.79 Å². The Labute approximate surface area is 126 Å². The number of nitrogens with one attached hydrogen (secondary N) is 2. The average Bonchev–Trinajstić information content (AvgIpc) is 2.50. The van der Waals surface area contributed by atoms with E-state index in [1.807, 2.05) is 37.1 Å². The number of rotatable bonds is 10. The monoisotopic (exact) mass is 294 g/mol. The van der Waals surface area contributed by atoms with Crippen LogP contribution in [0.5, 0.6) is 0 Å².